The molecule has 2 rings (SSSR count). The van der Waals surface area contributed by atoms with E-state index in [1.54, 1.807) is 0 Å². The van der Waals surface area contributed by atoms with Crippen LogP contribution in [0.2, 0.25) is 0 Å². The highest BCUT2D eigenvalue weighted by Gasteiger charge is 2.24. The van der Waals surface area contributed by atoms with Crippen LogP contribution in [0.1, 0.15) is 42.9 Å². The number of nitrogens with one attached hydrogen (secondary N) is 1. The van der Waals surface area contributed by atoms with E-state index in [0.29, 0.717) is 11.4 Å². The van der Waals surface area contributed by atoms with Gasteiger partial charge in [-0.3, -0.25) is 9.10 Å². The summed E-state index contributed by atoms with van der Waals surface area (Å²) in [4.78, 5) is 12.3. The van der Waals surface area contributed by atoms with Crippen LogP contribution in [0.5, 0.6) is 0 Å². The second kappa shape index (κ2) is 8.57. The Morgan fingerprint density at radius 2 is 1.70 bits per heavy atom. The molecule has 0 bridgehead atoms. The molecular formula is C21H28N2O3S. The van der Waals surface area contributed by atoms with Crippen molar-refractivity contribution in [2.75, 3.05) is 22.4 Å². The lowest BCUT2D eigenvalue weighted by atomic mass is 9.98. The third-order valence-electron chi connectivity index (χ3n) is 4.42. The third kappa shape index (κ3) is 5.57. The maximum Gasteiger partial charge on any atom is 0.232 e. The molecule has 146 valence electrons. The summed E-state index contributed by atoms with van der Waals surface area (Å²) in [6, 6.07) is 13.3. The summed E-state index contributed by atoms with van der Waals surface area (Å²) in [5, 5.41) is 2.82. The minimum absolute atomic E-state index is 0.0762. The number of hydrogen-bond donors (Lipinski definition) is 1. The van der Waals surface area contributed by atoms with E-state index >= 15 is 0 Å². The molecule has 27 heavy (non-hydrogen) atoms. The van der Waals surface area contributed by atoms with Gasteiger partial charge in [0.15, 0.2) is 0 Å². The Bertz CT molecular complexity index is 904. The number of benzene rings is 2. The second-order valence-electron chi connectivity index (χ2n) is 7.17. The van der Waals surface area contributed by atoms with Crippen molar-refractivity contribution in [1.82, 2.24) is 0 Å². The van der Waals surface area contributed by atoms with Gasteiger partial charge in [-0.2, -0.15) is 0 Å². The number of carbonyl (C=O) groups excluding carboxylic acids is 1. The largest absolute Gasteiger partial charge is 0.326 e. The molecule has 1 amide bonds. The van der Waals surface area contributed by atoms with Crippen molar-refractivity contribution >= 4 is 27.3 Å². The topological polar surface area (TPSA) is 66.5 Å². The van der Waals surface area contributed by atoms with Gasteiger partial charge in [-0.25, -0.2) is 8.42 Å². The van der Waals surface area contributed by atoms with E-state index in [1.165, 1.54) is 10.6 Å². The predicted molar refractivity (Wildman–Crippen MR) is 112 cm³/mol. The van der Waals surface area contributed by atoms with Gasteiger partial charge in [0.25, 0.3) is 0 Å². The van der Waals surface area contributed by atoms with Crippen molar-refractivity contribution in [1.29, 1.82) is 0 Å². The summed E-state index contributed by atoms with van der Waals surface area (Å²) < 4.78 is 26.3. The molecule has 0 fully saturated rings. The molecule has 0 saturated carbocycles. The number of amides is 1. The number of anilines is 2. The molecule has 0 aliphatic rings. The van der Waals surface area contributed by atoms with Crippen LogP contribution in [-0.2, 0) is 14.8 Å². The first kappa shape index (κ1) is 21.0. The molecule has 0 saturated heterocycles. The zero-order valence-electron chi connectivity index (χ0n) is 16.6. The van der Waals surface area contributed by atoms with E-state index in [1.807, 2.05) is 70.2 Å². The van der Waals surface area contributed by atoms with Crippen LogP contribution in [0.25, 0.3) is 0 Å². The van der Waals surface area contributed by atoms with E-state index in [2.05, 4.69) is 5.32 Å². The van der Waals surface area contributed by atoms with Crippen LogP contribution in [0.4, 0.5) is 11.4 Å². The first-order chi connectivity index (χ1) is 12.6. The summed E-state index contributed by atoms with van der Waals surface area (Å²) in [7, 11) is -3.52. The highest BCUT2D eigenvalue weighted by molar-refractivity contribution is 7.92. The SMILES string of the molecule is Cc1ccc(NC(=O)CCN(c2c(C)cccc2C(C)C)S(C)(=O)=O)cc1. The summed E-state index contributed by atoms with van der Waals surface area (Å²) in [6.07, 6.45) is 1.26. The fraction of sp³-hybridized carbons (Fsp3) is 0.381. The van der Waals surface area contributed by atoms with Crippen molar-refractivity contribution in [2.45, 2.75) is 40.0 Å². The standard InChI is InChI=1S/C21H28N2O3S/c1-15(2)19-8-6-7-17(4)21(19)23(27(5,25)26)14-13-20(24)22-18-11-9-16(3)10-12-18/h6-12,15H,13-14H2,1-5H3,(H,22,24). The average molecular weight is 389 g/mol. The van der Waals surface area contributed by atoms with Gasteiger partial charge >= 0.3 is 0 Å². The zero-order valence-corrected chi connectivity index (χ0v) is 17.4. The van der Waals surface area contributed by atoms with Crippen LogP contribution < -0.4 is 9.62 Å². The maximum absolute atomic E-state index is 12.5. The van der Waals surface area contributed by atoms with Gasteiger partial charge in [-0.1, -0.05) is 49.7 Å². The van der Waals surface area contributed by atoms with Crippen molar-refractivity contribution in [3.05, 3.63) is 59.2 Å². The van der Waals surface area contributed by atoms with E-state index in [4.69, 9.17) is 0 Å². The van der Waals surface area contributed by atoms with Crippen molar-refractivity contribution in [3.8, 4) is 0 Å². The van der Waals surface area contributed by atoms with E-state index in [9.17, 15) is 13.2 Å². The van der Waals surface area contributed by atoms with Crippen molar-refractivity contribution in [3.63, 3.8) is 0 Å². The average Bonchev–Trinajstić information content (AvgIpc) is 2.57. The molecule has 0 radical (unpaired) electrons. The van der Waals surface area contributed by atoms with Crippen molar-refractivity contribution < 1.29 is 13.2 Å². The summed E-state index contributed by atoms with van der Waals surface area (Å²) in [5.74, 6) is -0.0438. The lowest BCUT2D eigenvalue weighted by molar-refractivity contribution is -0.116. The first-order valence-corrected chi connectivity index (χ1v) is 10.9. The number of carbonyl (C=O) groups is 1. The van der Waals surface area contributed by atoms with Crippen LogP contribution in [0.15, 0.2) is 42.5 Å². The van der Waals surface area contributed by atoms with E-state index < -0.39 is 10.0 Å². The Hall–Kier alpha value is -2.34. The number of nitrogens with zero attached hydrogens (tertiary/aromatic N) is 1. The Morgan fingerprint density at radius 1 is 1.07 bits per heavy atom. The number of para-hydroxylation sites is 1. The van der Waals surface area contributed by atoms with Crippen LogP contribution >= 0.6 is 0 Å². The Labute approximate surface area is 162 Å². The highest BCUT2D eigenvalue weighted by Crippen LogP contribution is 2.32. The molecule has 0 aromatic heterocycles. The van der Waals surface area contributed by atoms with Crippen LogP contribution in [0, 0.1) is 13.8 Å². The quantitative estimate of drug-likeness (QED) is 0.772. The number of sulfonamides is 1. The fourth-order valence-corrected chi connectivity index (χ4v) is 4.00. The summed E-state index contributed by atoms with van der Waals surface area (Å²) in [5.41, 5.74) is 4.33. The smallest absolute Gasteiger partial charge is 0.232 e. The lowest BCUT2D eigenvalue weighted by Crippen LogP contribution is -2.34. The lowest BCUT2D eigenvalue weighted by Gasteiger charge is -2.28. The van der Waals surface area contributed by atoms with Gasteiger partial charge in [0.1, 0.15) is 0 Å². The van der Waals surface area contributed by atoms with Gasteiger partial charge in [0, 0.05) is 18.7 Å². The molecule has 0 unspecified atom stereocenters. The van der Waals surface area contributed by atoms with E-state index in [0.717, 1.165) is 16.7 Å². The summed E-state index contributed by atoms with van der Waals surface area (Å²) >= 11 is 0. The Morgan fingerprint density at radius 3 is 2.26 bits per heavy atom. The molecule has 5 nitrogen and oxygen atoms in total. The second-order valence-corrected chi connectivity index (χ2v) is 9.07. The molecule has 1 N–H and O–H groups in total. The molecular weight excluding hydrogens is 360 g/mol. The normalized spacial score (nSPS) is 11.5. The highest BCUT2D eigenvalue weighted by atomic mass is 32.2. The predicted octanol–water partition coefficient (Wildman–Crippen LogP) is 4.22. The molecule has 6 heteroatoms. The Kier molecular flexibility index (Phi) is 6.65. The molecule has 0 atom stereocenters. The molecule has 0 aliphatic heterocycles. The van der Waals surface area contributed by atoms with Gasteiger partial charge in [-0.15, -0.1) is 0 Å². The monoisotopic (exact) mass is 388 g/mol. The van der Waals surface area contributed by atoms with Gasteiger partial charge in [0.05, 0.1) is 11.9 Å². The molecule has 0 heterocycles. The number of rotatable bonds is 7. The molecule has 2 aromatic rings. The minimum Gasteiger partial charge on any atom is -0.326 e. The zero-order chi connectivity index (χ0) is 20.2. The molecule has 0 spiro atoms. The van der Waals surface area contributed by atoms with Crippen LogP contribution in [-0.4, -0.2) is 27.1 Å². The van der Waals surface area contributed by atoms with Crippen LogP contribution in [0.3, 0.4) is 0 Å². The minimum atomic E-state index is -3.52. The van der Waals surface area contributed by atoms with Gasteiger partial charge in [0.2, 0.25) is 15.9 Å². The van der Waals surface area contributed by atoms with E-state index in [-0.39, 0.29) is 24.8 Å². The molecule has 2 aromatic carbocycles. The van der Waals surface area contributed by atoms with Gasteiger partial charge in [-0.05, 0) is 43.0 Å². The molecule has 0 aliphatic carbocycles. The van der Waals surface area contributed by atoms with Gasteiger partial charge < -0.3 is 5.32 Å². The Balaban J connectivity index is 2.22. The first-order valence-electron chi connectivity index (χ1n) is 9.03. The number of hydrogen-bond acceptors (Lipinski definition) is 3. The number of aryl methyl sites for hydroxylation is 2. The fourth-order valence-electron chi connectivity index (χ4n) is 3.00. The maximum atomic E-state index is 12.5. The van der Waals surface area contributed by atoms with Crippen molar-refractivity contribution in [2.24, 2.45) is 0 Å². The summed E-state index contributed by atoms with van der Waals surface area (Å²) in [6.45, 7) is 8.03. The third-order valence-corrected chi connectivity index (χ3v) is 5.58.